The van der Waals surface area contributed by atoms with Gasteiger partial charge in [-0.2, -0.15) is 11.8 Å². The summed E-state index contributed by atoms with van der Waals surface area (Å²) in [5.74, 6) is 1.78. The number of thioether (sulfide) groups is 1. The topological polar surface area (TPSA) is 65.5 Å². The highest BCUT2D eigenvalue weighted by Crippen LogP contribution is 2.06. The molecule has 0 bridgehead atoms. The van der Waals surface area contributed by atoms with Crippen molar-refractivity contribution in [3.05, 3.63) is 35.4 Å². The third-order valence-electron chi connectivity index (χ3n) is 3.46. The maximum atomic E-state index is 12.2. The van der Waals surface area contributed by atoms with Gasteiger partial charge < -0.3 is 16.0 Å². The first-order chi connectivity index (χ1) is 11.1. The number of hydrogen-bond donors (Lipinski definition) is 3. The monoisotopic (exact) mass is 336 g/mol. The van der Waals surface area contributed by atoms with E-state index >= 15 is 0 Å². The first-order valence-corrected chi connectivity index (χ1v) is 9.33. The smallest absolute Gasteiger partial charge is 0.251 e. The molecule has 0 radical (unpaired) electrons. The third kappa shape index (κ3) is 7.41. The molecular formula is C17H28N4OS. The van der Waals surface area contributed by atoms with Crippen molar-refractivity contribution >= 4 is 23.6 Å². The molecule has 0 aromatic heterocycles. The van der Waals surface area contributed by atoms with E-state index in [1.807, 2.05) is 31.2 Å². The van der Waals surface area contributed by atoms with Crippen molar-refractivity contribution in [2.75, 3.05) is 25.6 Å². The number of amides is 1. The molecule has 1 amide bonds. The van der Waals surface area contributed by atoms with Crippen LogP contribution in [0.2, 0.25) is 0 Å². The lowest BCUT2D eigenvalue weighted by Gasteiger charge is -2.13. The second-order valence-electron chi connectivity index (χ2n) is 5.33. The summed E-state index contributed by atoms with van der Waals surface area (Å²) in [6.07, 6.45) is 3.00. The summed E-state index contributed by atoms with van der Waals surface area (Å²) >= 11 is 1.79. The number of rotatable bonds is 8. The quantitative estimate of drug-likeness (QED) is 0.387. The first-order valence-electron chi connectivity index (χ1n) is 7.94. The molecule has 1 rings (SSSR count). The molecule has 128 valence electrons. The summed E-state index contributed by atoms with van der Waals surface area (Å²) in [5, 5.41) is 9.50. The highest BCUT2D eigenvalue weighted by molar-refractivity contribution is 7.98. The van der Waals surface area contributed by atoms with Gasteiger partial charge >= 0.3 is 0 Å². The van der Waals surface area contributed by atoms with Crippen LogP contribution in [-0.2, 0) is 6.54 Å². The molecule has 3 N–H and O–H groups in total. The lowest BCUT2D eigenvalue weighted by molar-refractivity contribution is 0.0939. The fourth-order valence-electron chi connectivity index (χ4n) is 1.91. The van der Waals surface area contributed by atoms with Crippen LogP contribution in [0.5, 0.6) is 0 Å². The molecule has 6 heteroatoms. The molecule has 1 aromatic rings. The molecule has 1 atom stereocenters. The van der Waals surface area contributed by atoms with E-state index in [2.05, 4.69) is 34.1 Å². The van der Waals surface area contributed by atoms with Crippen molar-refractivity contribution in [3.63, 3.8) is 0 Å². The predicted molar refractivity (Wildman–Crippen MR) is 100 cm³/mol. The maximum absolute atomic E-state index is 12.2. The Balaban J connectivity index is 2.58. The zero-order valence-electron chi connectivity index (χ0n) is 14.5. The predicted octanol–water partition coefficient (Wildman–Crippen LogP) is 2.24. The van der Waals surface area contributed by atoms with Gasteiger partial charge in [0.2, 0.25) is 0 Å². The van der Waals surface area contributed by atoms with Crippen LogP contribution in [0.1, 0.15) is 36.2 Å². The minimum Gasteiger partial charge on any atom is -0.356 e. The Morgan fingerprint density at radius 2 is 2.13 bits per heavy atom. The molecule has 5 nitrogen and oxygen atoms in total. The van der Waals surface area contributed by atoms with E-state index in [4.69, 9.17) is 0 Å². The number of carbonyl (C=O) groups is 1. The van der Waals surface area contributed by atoms with E-state index in [0.717, 1.165) is 30.2 Å². The Morgan fingerprint density at radius 1 is 1.35 bits per heavy atom. The standard InChI is InChI=1S/C17H28N4OS/c1-5-13(2)21-16(22)15-8-6-7-14(11-15)12-20-17(18-3)19-9-10-23-4/h6-8,11,13H,5,9-10,12H2,1-4H3,(H,21,22)(H2,18,19,20). The SMILES string of the molecule is CCC(C)NC(=O)c1cccc(CNC(=NC)NCCSC)c1. The molecule has 23 heavy (non-hydrogen) atoms. The van der Waals surface area contributed by atoms with Crippen molar-refractivity contribution in [2.24, 2.45) is 4.99 Å². The number of hydrogen-bond acceptors (Lipinski definition) is 3. The van der Waals surface area contributed by atoms with Gasteiger partial charge in [0.1, 0.15) is 0 Å². The van der Waals surface area contributed by atoms with Crippen LogP contribution in [0.3, 0.4) is 0 Å². The number of benzene rings is 1. The van der Waals surface area contributed by atoms with Crippen LogP contribution in [0.25, 0.3) is 0 Å². The molecular weight excluding hydrogens is 308 g/mol. The van der Waals surface area contributed by atoms with Gasteiger partial charge in [0.05, 0.1) is 0 Å². The number of aliphatic imine (C=N–C) groups is 1. The normalized spacial score (nSPS) is 12.6. The van der Waals surface area contributed by atoms with Gasteiger partial charge in [-0.25, -0.2) is 0 Å². The summed E-state index contributed by atoms with van der Waals surface area (Å²) in [5.41, 5.74) is 1.74. The van der Waals surface area contributed by atoms with E-state index in [1.165, 1.54) is 0 Å². The number of nitrogens with zero attached hydrogens (tertiary/aromatic N) is 1. The molecule has 0 heterocycles. The second kappa shape index (κ2) is 10.9. The number of carbonyl (C=O) groups excluding carboxylic acids is 1. The number of nitrogens with one attached hydrogen (secondary N) is 3. The van der Waals surface area contributed by atoms with Gasteiger partial charge in [-0.3, -0.25) is 9.79 Å². The molecule has 0 aliphatic carbocycles. The molecule has 1 unspecified atom stereocenters. The summed E-state index contributed by atoms with van der Waals surface area (Å²) in [4.78, 5) is 16.4. The van der Waals surface area contributed by atoms with Crippen LogP contribution >= 0.6 is 11.8 Å². The zero-order chi connectivity index (χ0) is 17.1. The largest absolute Gasteiger partial charge is 0.356 e. The minimum absolute atomic E-state index is 0.0244. The second-order valence-corrected chi connectivity index (χ2v) is 6.31. The molecule has 0 saturated heterocycles. The van der Waals surface area contributed by atoms with Gasteiger partial charge in [-0.05, 0) is 37.3 Å². The zero-order valence-corrected chi connectivity index (χ0v) is 15.3. The number of guanidine groups is 1. The van der Waals surface area contributed by atoms with E-state index in [0.29, 0.717) is 12.1 Å². The van der Waals surface area contributed by atoms with Crippen molar-refractivity contribution < 1.29 is 4.79 Å². The third-order valence-corrected chi connectivity index (χ3v) is 4.07. The van der Waals surface area contributed by atoms with Crippen LogP contribution in [-0.4, -0.2) is 43.5 Å². The maximum Gasteiger partial charge on any atom is 0.251 e. The van der Waals surface area contributed by atoms with Gasteiger partial charge in [0.25, 0.3) is 5.91 Å². The van der Waals surface area contributed by atoms with Gasteiger partial charge in [-0.1, -0.05) is 19.1 Å². The molecule has 1 aromatic carbocycles. The van der Waals surface area contributed by atoms with E-state index in [9.17, 15) is 4.79 Å². The summed E-state index contributed by atoms with van der Waals surface area (Å²) in [6, 6.07) is 7.85. The Labute approximate surface area is 143 Å². The van der Waals surface area contributed by atoms with Crippen LogP contribution in [0.4, 0.5) is 0 Å². The minimum atomic E-state index is -0.0244. The Morgan fingerprint density at radius 3 is 2.78 bits per heavy atom. The summed E-state index contributed by atoms with van der Waals surface area (Å²) in [7, 11) is 1.75. The molecule has 0 fully saturated rings. The average Bonchev–Trinajstić information content (AvgIpc) is 2.58. The molecule has 0 spiro atoms. The Bertz CT molecular complexity index is 519. The first kappa shape index (κ1) is 19.4. The molecule has 0 aliphatic heterocycles. The van der Waals surface area contributed by atoms with Crippen molar-refractivity contribution in [3.8, 4) is 0 Å². The van der Waals surface area contributed by atoms with Gasteiger partial charge in [0, 0.05) is 37.5 Å². The van der Waals surface area contributed by atoms with Crippen LogP contribution in [0, 0.1) is 0 Å². The molecule has 0 aliphatic rings. The highest BCUT2D eigenvalue weighted by atomic mass is 32.2. The highest BCUT2D eigenvalue weighted by Gasteiger charge is 2.09. The summed E-state index contributed by atoms with van der Waals surface area (Å²) in [6.45, 7) is 5.57. The lowest BCUT2D eigenvalue weighted by Crippen LogP contribution is -2.38. The fourth-order valence-corrected chi connectivity index (χ4v) is 2.22. The van der Waals surface area contributed by atoms with Crippen molar-refractivity contribution in [1.82, 2.24) is 16.0 Å². The average molecular weight is 337 g/mol. The Hall–Kier alpha value is -1.69. The Kier molecular flexibility index (Phi) is 9.21. The summed E-state index contributed by atoms with van der Waals surface area (Å²) < 4.78 is 0. The lowest BCUT2D eigenvalue weighted by atomic mass is 10.1. The van der Waals surface area contributed by atoms with E-state index in [-0.39, 0.29) is 11.9 Å². The van der Waals surface area contributed by atoms with Crippen molar-refractivity contribution in [2.45, 2.75) is 32.9 Å². The van der Waals surface area contributed by atoms with Gasteiger partial charge in [-0.15, -0.1) is 0 Å². The van der Waals surface area contributed by atoms with Crippen molar-refractivity contribution in [1.29, 1.82) is 0 Å². The fraction of sp³-hybridized carbons (Fsp3) is 0.529. The van der Waals surface area contributed by atoms with E-state index in [1.54, 1.807) is 18.8 Å². The van der Waals surface area contributed by atoms with Gasteiger partial charge in [0.15, 0.2) is 5.96 Å². The molecule has 0 saturated carbocycles. The van der Waals surface area contributed by atoms with E-state index < -0.39 is 0 Å². The van der Waals surface area contributed by atoms with Crippen LogP contribution in [0.15, 0.2) is 29.3 Å². The van der Waals surface area contributed by atoms with Crippen LogP contribution < -0.4 is 16.0 Å².